The van der Waals surface area contributed by atoms with Crippen molar-refractivity contribution in [1.82, 2.24) is 0 Å². The summed E-state index contributed by atoms with van der Waals surface area (Å²) < 4.78 is 38.2. The molecule has 0 bridgehead atoms. The zero-order valence-electron chi connectivity index (χ0n) is 18.1. The fourth-order valence-corrected chi connectivity index (χ4v) is 6.50. The quantitative estimate of drug-likeness (QED) is 0.330. The first-order chi connectivity index (χ1) is 14.6. The summed E-state index contributed by atoms with van der Waals surface area (Å²) in [6, 6.07) is 13.3. The van der Waals surface area contributed by atoms with Gasteiger partial charge < -0.3 is 14.3 Å². The third-order valence-electron chi connectivity index (χ3n) is 4.53. The number of esters is 1. The summed E-state index contributed by atoms with van der Waals surface area (Å²) in [5, 5.41) is 3.56. The van der Waals surface area contributed by atoms with Gasteiger partial charge in [-0.05, 0) is 63.1 Å². The molecular weight excluding hydrogens is 436 g/mol. The molecule has 0 aliphatic rings. The minimum atomic E-state index is -3.58. The molecule has 3 aromatic rings. The molecule has 0 aliphatic carbocycles. The van der Waals surface area contributed by atoms with Crippen LogP contribution >= 0.6 is 18.9 Å². The first-order valence-electron chi connectivity index (χ1n) is 9.75. The monoisotopic (exact) mass is 461 g/mol. The fraction of sp³-hybridized carbons (Fsp3) is 0.261. The first kappa shape index (κ1) is 23.2. The van der Waals surface area contributed by atoms with E-state index >= 15 is 0 Å². The summed E-state index contributed by atoms with van der Waals surface area (Å²) in [5.41, 5.74) is 2.95. The van der Waals surface area contributed by atoms with Gasteiger partial charge in [0.1, 0.15) is 10.7 Å². The highest BCUT2D eigenvalue weighted by Gasteiger charge is 2.32. The molecule has 8 heteroatoms. The molecule has 0 spiro atoms. The van der Waals surface area contributed by atoms with E-state index < -0.39 is 13.5 Å². The number of aryl methyl sites for hydroxylation is 2. The summed E-state index contributed by atoms with van der Waals surface area (Å²) >= 11 is 1.18. The number of benzene rings is 2. The van der Waals surface area contributed by atoms with E-state index in [1.807, 2.05) is 26.0 Å². The van der Waals surface area contributed by atoms with Gasteiger partial charge >= 0.3 is 13.5 Å². The Labute approximate surface area is 185 Å². The van der Waals surface area contributed by atoms with Crippen molar-refractivity contribution in [3.63, 3.8) is 0 Å². The number of thiophene rings is 1. The van der Waals surface area contributed by atoms with Crippen LogP contribution in [0, 0.1) is 19.7 Å². The van der Waals surface area contributed by atoms with Crippen LogP contribution < -0.4 is 10.4 Å². The molecule has 0 saturated heterocycles. The maximum Gasteiger partial charge on any atom is 0.350 e. The first-order valence-corrected chi connectivity index (χ1v) is 12.2. The number of anilines is 1. The summed E-state index contributed by atoms with van der Waals surface area (Å²) in [6.45, 7) is 7.44. The molecular formula is C23H25FNO4PS. The van der Waals surface area contributed by atoms with Crippen LogP contribution in [0.4, 0.5) is 10.1 Å². The van der Waals surface area contributed by atoms with Crippen molar-refractivity contribution in [3.05, 3.63) is 70.4 Å². The van der Waals surface area contributed by atoms with Crippen LogP contribution in [0.2, 0.25) is 0 Å². The third kappa shape index (κ3) is 5.24. The van der Waals surface area contributed by atoms with Crippen LogP contribution in [0.15, 0.2) is 48.5 Å². The van der Waals surface area contributed by atoms with E-state index in [0.717, 1.165) is 16.7 Å². The Bertz CT molecular complexity index is 1140. The lowest BCUT2D eigenvalue weighted by molar-refractivity contribution is 0.0607. The minimum Gasteiger partial charge on any atom is -0.465 e. The van der Waals surface area contributed by atoms with E-state index in [4.69, 9.17) is 9.26 Å². The van der Waals surface area contributed by atoms with E-state index in [0.29, 0.717) is 15.9 Å². The smallest absolute Gasteiger partial charge is 0.350 e. The molecule has 31 heavy (non-hydrogen) atoms. The fourth-order valence-electron chi connectivity index (χ4n) is 3.21. The number of hydrogen-bond acceptors (Lipinski definition) is 5. The Morgan fingerprint density at radius 2 is 1.77 bits per heavy atom. The maximum atomic E-state index is 14.0. The predicted molar refractivity (Wildman–Crippen MR) is 124 cm³/mol. The predicted octanol–water partition coefficient (Wildman–Crippen LogP) is 6.31. The lowest BCUT2D eigenvalue weighted by atomic mass is 10.2. The summed E-state index contributed by atoms with van der Waals surface area (Å²) in [4.78, 5) is 13.4. The molecule has 0 saturated carbocycles. The van der Waals surface area contributed by atoms with Gasteiger partial charge in [0.25, 0.3) is 0 Å². The van der Waals surface area contributed by atoms with Gasteiger partial charge in [0, 0.05) is 4.88 Å². The van der Waals surface area contributed by atoms with Crippen LogP contribution in [-0.2, 0) is 13.8 Å². The second-order valence-electron chi connectivity index (χ2n) is 7.46. The molecule has 2 aromatic carbocycles. The molecule has 1 unspecified atom stereocenters. The Hall–Kier alpha value is -2.47. The molecule has 164 valence electrons. The minimum absolute atomic E-state index is 0.263. The third-order valence-corrected chi connectivity index (χ3v) is 8.08. The Kier molecular flexibility index (Phi) is 6.99. The molecule has 5 nitrogen and oxygen atoms in total. The number of carbonyl (C=O) groups excluding carboxylic acids is 1. The van der Waals surface area contributed by atoms with Crippen LogP contribution in [0.1, 0.15) is 34.6 Å². The molecule has 0 radical (unpaired) electrons. The highest BCUT2D eigenvalue weighted by atomic mass is 32.1. The van der Waals surface area contributed by atoms with Gasteiger partial charge in [-0.2, -0.15) is 0 Å². The summed E-state index contributed by atoms with van der Waals surface area (Å²) in [5.74, 6) is -0.908. The van der Waals surface area contributed by atoms with Crippen LogP contribution in [0.3, 0.4) is 0 Å². The maximum absolute atomic E-state index is 14.0. The summed E-state index contributed by atoms with van der Waals surface area (Å²) in [6.07, 6.45) is -0.323. The average molecular weight is 461 g/mol. The SMILES string of the molecule is COC(=O)c1sc(-c2ccc(F)cc2)cc1NP(=O)(OC(C)C)c1ccc(C)cc1C. The number of halogens is 1. The second-order valence-corrected chi connectivity index (χ2v) is 10.5. The largest absolute Gasteiger partial charge is 0.465 e. The van der Waals surface area contributed by atoms with E-state index in [1.54, 1.807) is 38.1 Å². The van der Waals surface area contributed by atoms with E-state index in [2.05, 4.69) is 5.09 Å². The Morgan fingerprint density at radius 3 is 2.35 bits per heavy atom. The van der Waals surface area contributed by atoms with Gasteiger partial charge in [-0.25, -0.2) is 9.18 Å². The molecule has 1 atom stereocenters. The van der Waals surface area contributed by atoms with Crippen molar-refractivity contribution in [2.45, 2.75) is 33.8 Å². The van der Waals surface area contributed by atoms with E-state index in [1.165, 1.54) is 30.6 Å². The molecule has 0 aliphatic heterocycles. The van der Waals surface area contributed by atoms with Gasteiger partial charge in [-0.1, -0.05) is 29.8 Å². The van der Waals surface area contributed by atoms with Gasteiger partial charge in [0.05, 0.1) is 24.2 Å². The number of ether oxygens (including phenoxy) is 1. The van der Waals surface area contributed by atoms with Gasteiger partial charge in [0.15, 0.2) is 0 Å². The van der Waals surface area contributed by atoms with Gasteiger partial charge in [0.2, 0.25) is 0 Å². The highest BCUT2D eigenvalue weighted by molar-refractivity contribution is 7.68. The van der Waals surface area contributed by atoms with E-state index in [9.17, 15) is 13.8 Å². The van der Waals surface area contributed by atoms with Crippen molar-refractivity contribution in [1.29, 1.82) is 0 Å². The number of hydrogen-bond donors (Lipinski definition) is 1. The standard InChI is InChI=1S/C23H25FNO4PS/c1-14(2)29-30(27,20-11-6-15(3)12-16(20)4)25-19-13-21(31-22(19)23(26)28-5)17-7-9-18(24)10-8-17/h6-14H,1-5H3,(H,25,27). The average Bonchev–Trinajstić information content (AvgIpc) is 3.10. The number of carbonyl (C=O) groups is 1. The highest BCUT2D eigenvalue weighted by Crippen LogP contribution is 2.50. The van der Waals surface area contributed by atoms with Crippen LogP contribution in [0.5, 0.6) is 0 Å². The zero-order chi connectivity index (χ0) is 22.8. The lowest BCUT2D eigenvalue weighted by Gasteiger charge is -2.24. The van der Waals surface area contributed by atoms with Gasteiger partial charge in [-0.15, -0.1) is 11.3 Å². The van der Waals surface area contributed by atoms with Crippen LogP contribution in [-0.4, -0.2) is 19.2 Å². The van der Waals surface area contributed by atoms with Crippen molar-refractivity contribution in [3.8, 4) is 10.4 Å². The van der Waals surface area contributed by atoms with Crippen LogP contribution in [0.25, 0.3) is 10.4 Å². The normalized spacial score (nSPS) is 13.1. The Morgan fingerprint density at radius 1 is 1.10 bits per heavy atom. The number of nitrogens with one attached hydrogen (secondary N) is 1. The summed E-state index contributed by atoms with van der Waals surface area (Å²) in [7, 11) is -2.29. The molecule has 0 amide bonds. The lowest BCUT2D eigenvalue weighted by Crippen LogP contribution is -2.20. The molecule has 1 heterocycles. The van der Waals surface area contributed by atoms with Crippen molar-refractivity contribution < 1.29 is 23.0 Å². The van der Waals surface area contributed by atoms with E-state index in [-0.39, 0.29) is 16.8 Å². The molecule has 1 N–H and O–H groups in total. The number of methoxy groups -OCH3 is 1. The van der Waals surface area contributed by atoms with Crippen molar-refractivity contribution >= 4 is 35.8 Å². The molecule has 3 rings (SSSR count). The number of rotatable bonds is 7. The molecule has 0 fully saturated rings. The Balaban J connectivity index is 2.10. The molecule has 1 aromatic heterocycles. The van der Waals surface area contributed by atoms with Crippen molar-refractivity contribution in [2.24, 2.45) is 0 Å². The second kappa shape index (κ2) is 9.35. The topological polar surface area (TPSA) is 64.6 Å². The van der Waals surface area contributed by atoms with Crippen molar-refractivity contribution in [2.75, 3.05) is 12.2 Å². The van der Waals surface area contributed by atoms with Gasteiger partial charge in [-0.3, -0.25) is 4.57 Å². The zero-order valence-corrected chi connectivity index (χ0v) is 19.8.